The second-order valence-electron chi connectivity index (χ2n) is 5.40. The molecule has 0 radical (unpaired) electrons. The fraction of sp³-hybridized carbons (Fsp3) is 0.375. The van der Waals surface area contributed by atoms with E-state index in [1.165, 1.54) is 0 Å². The third-order valence-electron chi connectivity index (χ3n) is 3.37. The van der Waals surface area contributed by atoms with Gasteiger partial charge in [-0.15, -0.1) is 0 Å². The molecule has 8 heteroatoms. The van der Waals surface area contributed by atoms with Crippen LogP contribution in [0.5, 0.6) is 0 Å². The van der Waals surface area contributed by atoms with E-state index in [-0.39, 0.29) is 17.8 Å². The molecule has 130 valence electrons. The third-order valence-corrected chi connectivity index (χ3v) is 3.60. The van der Waals surface area contributed by atoms with E-state index in [0.29, 0.717) is 11.6 Å². The SMILES string of the molecule is CC[C@@H](C)Nc1nc(NCc2cccc(Cl)c2)cc(C(F)(F)F)n1. The first kappa shape index (κ1) is 18.3. The van der Waals surface area contributed by atoms with Gasteiger partial charge >= 0.3 is 6.18 Å². The molecule has 1 atom stereocenters. The summed E-state index contributed by atoms with van der Waals surface area (Å²) in [7, 11) is 0. The number of alkyl halides is 3. The van der Waals surface area contributed by atoms with Crippen LogP contribution in [0, 0.1) is 0 Å². The number of hydrogen-bond donors (Lipinski definition) is 2. The number of halogens is 4. The zero-order valence-corrected chi connectivity index (χ0v) is 14.0. The summed E-state index contributed by atoms with van der Waals surface area (Å²) in [5.74, 6) is 0.0517. The summed E-state index contributed by atoms with van der Waals surface area (Å²) in [4.78, 5) is 7.66. The summed E-state index contributed by atoms with van der Waals surface area (Å²) >= 11 is 5.90. The Hall–Kier alpha value is -2.02. The minimum atomic E-state index is -4.54. The molecule has 2 N–H and O–H groups in total. The summed E-state index contributed by atoms with van der Waals surface area (Å²) in [6.07, 6.45) is -3.80. The van der Waals surface area contributed by atoms with E-state index < -0.39 is 11.9 Å². The largest absolute Gasteiger partial charge is 0.433 e. The Morgan fingerprint density at radius 1 is 1.21 bits per heavy atom. The summed E-state index contributed by atoms with van der Waals surface area (Å²) in [6.45, 7) is 4.07. The second-order valence-corrected chi connectivity index (χ2v) is 5.83. The minimum Gasteiger partial charge on any atom is -0.366 e. The van der Waals surface area contributed by atoms with Gasteiger partial charge in [-0.1, -0.05) is 30.7 Å². The zero-order valence-electron chi connectivity index (χ0n) is 13.3. The molecule has 0 saturated carbocycles. The third kappa shape index (κ3) is 5.26. The van der Waals surface area contributed by atoms with Crippen molar-refractivity contribution in [2.24, 2.45) is 0 Å². The molecule has 0 saturated heterocycles. The highest BCUT2D eigenvalue weighted by atomic mass is 35.5. The van der Waals surface area contributed by atoms with Crippen molar-refractivity contribution < 1.29 is 13.2 Å². The summed E-state index contributed by atoms with van der Waals surface area (Å²) in [5, 5.41) is 6.31. The second kappa shape index (κ2) is 7.70. The highest BCUT2D eigenvalue weighted by molar-refractivity contribution is 6.30. The van der Waals surface area contributed by atoms with E-state index in [2.05, 4.69) is 20.6 Å². The van der Waals surface area contributed by atoms with E-state index >= 15 is 0 Å². The van der Waals surface area contributed by atoms with Crippen LogP contribution in [0.15, 0.2) is 30.3 Å². The highest BCUT2D eigenvalue weighted by Gasteiger charge is 2.33. The van der Waals surface area contributed by atoms with Crippen molar-refractivity contribution in [1.29, 1.82) is 0 Å². The lowest BCUT2D eigenvalue weighted by Crippen LogP contribution is -2.19. The number of nitrogens with zero attached hydrogens (tertiary/aromatic N) is 2. The highest BCUT2D eigenvalue weighted by Crippen LogP contribution is 2.30. The molecule has 2 aromatic rings. The molecule has 0 fully saturated rings. The first-order valence-electron chi connectivity index (χ1n) is 7.49. The maximum absolute atomic E-state index is 13.0. The topological polar surface area (TPSA) is 49.8 Å². The van der Waals surface area contributed by atoms with Crippen LogP contribution in [0.25, 0.3) is 0 Å². The number of benzene rings is 1. The standard InChI is InChI=1S/C16H18ClF3N4/c1-3-10(2)22-15-23-13(16(18,19)20)8-14(24-15)21-9-11-5-4-6-12(17)7-11/h4-8,10H,3,9H2,1-2H3,(H2,21,22,23,24)/t10-/m1/s1. The van der Waals surface area contributed by atoms with Crippen LogP contribution in [-0.4, -0.2) is 16.0 Å². The first-order valence-corrected chi connectivity index (χ1v) is 7.87. The fourth-order valence-corrected chi connectivity index (χ4v) is 2.12. The van der Waals surface area contributed by atoms with Gasteiger partial charge in [0.1, 0.15) is 5.82 Å². The summed E-state index contributed by atoms with van der Waals surface area (Å²) in [6, 6.07) is 7.92. The van der Waals surface area contributed by atoms with Gasteiger partial charge in [0.2, 0.25) is 5.95 Å². The lowest BCUT2D eigenvalue weighted by molar-refractivity contribution is -0.141. The Morgan fingerprint density at radius 2 is 1.96 bits per heavy atom. The molecule has 0 aliphatic rings. The maximum atomic E-state index is 13.0. The first-order chi connectivity index (χ1) is 11.3. The van der Waals surface area contributed by atoms with Gasteiger partial charge < -0.3 is 10.6 Å². The molecule has 1 aromatic carbocycles. The van der Waals surface area contributed by atoms with Gasteiger partial charge in [0.05, 0.1) is 0 Å². The molecule has 1 heterocycles. The van der Waals surface area contributed by atoms with Crippen molar-refractivity contribution in [2.45, 2.75) is 39.0 Å². The molecule has 2 rings (SSSR count). The number of hydrogen-bond acceptors (Lipinski definition) is 4. The number of rotatable bonds is 6. The molecular weight excluding hydrogens is 341 g/mol. The van der Waals surface area contributed by atoms with Crippen LogP contribution in [0.4, 0.5) is 24.9 Å². The van der Waals surface area contributed by atoms with Crippen molar-refractivity contribution in [3.05, 3.63) is 46.6 Å². The van der Waals surface area contributed by atoms with E-state index in [1.807, 2.05) is 19.9 Å². The molecule has 4 nitrogen and oxygen atoms in total. The molecule has 0 bridgehead atoms. The van der Waals surface area contributed by atoms with Gasteiger partial charge in [-0.3, -0.25) is 0 Å². The molecule has 0 aliphatic carbocycles. The monoisotopic (exact) mass is 358 g/mol. The van der Waals surface area contributed by atoms with Crippen molar-refractivity contribution in [2.75, 3.05) is 10.6 Å². The fourth-order valence-electron chi connectivity index (χ4n) is 1.91. The zero-order chi connectivity index (χ0) is 17.7. The van der Waals surface area contributed by atoms with E-state index in [1.54, 1.807) is 18.2 Å². The molecule has 0 amide bonds. The Labute approximate surface area is 143 Å². The van der Waals surface area contributed by atoms with Crippen LogP contribution in [0.2, 0.25) is 5.02 Å². The van der Waals surface area contributed by atoms with Crippen molar-refractivity contribution in [3.8, 4) is 0 Å². The maximum Gasteiger partial charge on any atom is 0.433 e. The minimum absolute atomic E-state index is 0.0331. The van der Waals surface area contributed by atoms with Gasteiger partial charge in [0.15, 0.2) is 5.69 Å². The lowest BCUT2D eigenvalue weighted by atomic mass is 10.2. The van der Waals surface area contributed by atoms with Crippen LogP contribution in [0.3, 0.4) is 0 Å². The van der Waals surface area contributed by atoms with Gasteiger partial charge in [-0.25, -0.2) is 4.98 Å². The number of aromatic nitrogens is 2. The predicted octanol–water partition coefficient (Wildman–Crippen LogP) is 4.97. The molecule has 24 heavy (non-hydrogen) atoms. The average molecular weight is 359 g/mol. The average Bonchev–Trinajstić information content (AvgIpc) is 2.52. The van der Waals surface area contributed by atoms with Crippen molar-refractivity contribution in [3.63, 3.8) is 0 Å². The van der Waals surface area contributed by atoms with E-state index in [4.69, 9.17) is 11.6 Å². The van der Waals surface area contributed by atoms with Gasteiger partial charge in [-0.2, -0.15) is 18.2 Å². The molecule has 0 aliphatic heterocycles. The smallest absolute Gasteiger partial charge is 0.366 e. The molecule has 0 spiro atoms. The van der Waals surface area contributed by atoms with Crippen LogP contribution in [-0.2, 0) is 12.7 Å². The van der Waals surface area contributed by atoms with Gasteiger partial charge in [0.25, 0.3) is 0 Å². The van der Waals surface area contributed by atoms with Crippen LogP contribution in [0.1, 0.15) is 31.5 Å². The normalized spacial score (nSPS) is 12.8. The molecule has 0 unspecified atom stereocenters. The Morgan fingerprint density at radius 3 is 2.58 bits per heavy atom. The molecule has 1 aromatic heterocycles. The van der Waals surface area contributed by atoms with E-state index in [0.717, 1.165) is 18.1 Å². The lowest BCUT2D eigenvalue weighted by Gasteiger charge is -2.15. The summed E-state index contributed by atoms with van der Waals surface area (Å²) < 4.78 is 39.1. The predicted molar refractivity (Wildman–Crippen MR) is 89.2 cm³/mol. The number of anilines is 2. The van der Waals surface area contributed by atoms with Crippen molar-refractivity contribution >= 4 is 23.4 Å². The van der Waals surface area contributed by atoms with Crippen LogP contribution >= 0.6 is 11.6 Å². The van der Waals surface area contributed by atoms with Crippen molar-refractivity contribution in [1.82, 2.24) is 9.97 Å². The Kier molecular flexibility index (Phi) is 5.88. The Balaban J connectivity index is 2.22. The van der Waals surface area contributed by atoms with Gasteiger partial charge in [0, 0.05) is 23.7 Å². The summed E-state index contributed by atoms with van der Waals surface area (Å²) in [5.41, 5.74) is -0.150. The number of nitrogens with one attached hydrogen (secondary N) is 2. The van der Waals surface area contributed by atoms with Crippen LogP contribution < -0.4 is 10.6 Å². The molecular formula is C16H18ClF3N4. The van der Waals surface area contributed by atoms with Gasteiger partial charge in [-0.05, 0) is 31.0 Å². The Bertz CT molecular complexity index is 691. The quantitative estimate of drug-likeness (QED) is 0.765. The van der Waals surface area contributed by atoms with E-state index in [9.17, 15) is 13.2 Å².